The Morgan fingerprint density at radius 2 is 2.17 bits per heavy atom. The molecule has 2 N–H and O–H groups in total. The summed E-state index contributed by atoms with van der Waals surface area (Å²) in [5.41, 5.74) is -0.207. The molecule has 104 valence electrons. The van der Waals surface area contributed by atoms with E-state index in [0.717, 1.165) is 25.9 Å². The molecular weight excluding hydrogens is 232 g/mol. The molecule has 1 saturated heterocycles. The maximum Gasteiger partial charge on any atom is 0.315 e. The van der Waals surface area contributed by atoms with Gasteiger partial charge in [0, 0.05) is 12.6 Å². The first kappa shape index (κ1) is 13.6. The van der Waals surface area contributed by atoms with Gasteiger partial charge in [-0.2, -0.15) is 0 Å². The van der Waals surface area contributed by atoms with Crippen LogP contribution in [0.25, 0.3) is 0 Å². The third-order valence-corrected chi connectivity index (χ3v) is 3.53. The molecule has 0 bridgehead atoms. The van der Waals surface area contributed by atoms with E-state index in [1.807, 2.05) is 20.8 Å². The van der Waals surface area contributed by atoms with Crippen LogP contribution in [0, 0.1) is 0 Å². The van der Waals surface area contributed by atoms with Crippen molar-refractivity contribution in [3.8, 4) is 0 Å². The fraction of sp³-hybridized carbons (Fsp3) is 0.923. The highest BCUT2D eigenvalue weighted by atomic mass is 16.5. The quantitative estimate of drug-likeness (QED) is 0.799. The van der Waals surface area contributed by atoms with Gasteiger partial charge in [0.05, 0.1) is 24.4 Å². The van der Waals surface area contributed by atoms with Crippen LogP contribution in [0.1, 0.15) is 40.0 Å². The number of hydrogen-bond acceptors (Lipinski definition) is 3. The van der Waals surface area contributed by atoms with E-state index in [1.54, 1.807) is 0 Å². The lowest BCUT2D eigenvalue weighted by molar-refractivity contribution is -0.0476. The predicted octanol–water partition coefficient (Wildman–Crippen LogP) is 1.42. The number of urea groups is 1. The van der Waals surface area contributed by atoms with E-state index in [0.29, 0.717) is 12.7 Å². The number of nitrogens with one attached hydrogen (secondary N) is 2. The Morgan fingerprint density at radius 1 is 1.44 bits per heavy atom. The standard InChI is InChI=1S/C13H24N2O3/c1-9(2)18-11-6-10(7-11)14-12(16)15-13(3)4-5-17-8-13/h9-11H,4-8H2,1-3H3,(H2,14,15,16). The summed E-state index contributed by atoms with van der Waals surface area (Å²) in [7, 11) is 0. The van der Waals surface area contributed by atoms with Crippen molar-refractivity contribution in [2.24, 2.45) is 0 Å². The Morgan fingerprint density at radius 3 is 2.72 bits per heavy atom. The van der Waals surface area contributed by atoms with E-state index in [4.69, 9.17) is 9.47 Å². The van der Waals surface area contributed by atoms with E-state index in [9.17, 15) is 4.79 Å². The normalized spacial score (nSPS) is 35.3. The summed E-state index contributed by atoms with van der Waals surface area (Å²) in [4.78, 5) is 11.8. The molecule has 1 unspecified atom stereocenters. The van der Waals surface area contributed by atoms with Gasteiger partial charge in [0.15, 0.2) is 0 Å². The highest BCUT2D eigenvalue weighted by Crippen LogP contribution is 2.24. The van der Waals surface area contributed by atoms with E-state index in [1.165, 1.54) is 0 Å². The molecule has 18 heavy (non-hydrogen) atoms. The number of rotatable bonds is 4. The summed E-state index contributed by atoms with van der Waals surface area (Å²) in [6, 6.07) is 0.163. The van der Waals surface area contributed by atoms with Crippen molar-refractivity contribution in [1.29, 1.82) is 0 Å². The molecule has 0 aromatic rings. The van der Waals surface area contributed by atoms with Crippen LogP contribution in [-0.2, 0) is 9.47 Å². The summed E-state index contributed by atoms with van der Waals surface area (Å²) >= 11 is 0. The molecule has 2 amide bonds. The van der Waals surface area contributed by atoms with E-state index < -0.39 is 0 Å². The SMILES string of the molecule is CC(C)OC1CC(NC(=O)NC2(C)CCOC2)C1. The lowest BCUT2D eigenvalue weighted by Crippen LogP contribution is -2.56. The molecule has 2 aliphatic rings. The van der Waals surface area contributed by atoms with Crippen LogP contribution in [0.5, 0.6) is 0 Å². The van der Waals surface area contributed by atoms with Gasteiger partial charge in [-0.3, -0.25) is 0 Å². The second-order valence-corrected chi connectivity index (χ2v) is 5.94. The van der Waals surface area contributed by atoms with Crippen molar-refractivity contribution in [2.75, 3.05) is 13.2 Å². The summed E-state index contributed by atoms with van der Waals surface area (Å²) in [5, 5.41) is 5.98. The molecular formula is C13H24N2O3. The molecule has 1 atom stereocenters. The van der Waals surface area contributed by atoms with Gasteiger partial charge in [-0.15, -0.1) is 0 Å². The summed E-state index contributed by atoms with van der Waals surface area (Å²) in [6.07, 6.45) is 3.28. The topological polar surface area (TPSA) is 59.6 Å². The van der Waals surface area contributed by atoms with Gasteiger partial charge < -0.3 is 20.1 Å². The van der Waals surface area contributed by atoms with Crippen molar-refractivity contribution in [2.45, 2.75) is 63.8 Å². The summed E-state index contributed by atoms with van der Waals surface area (Å²) in [6.45, 7) is 7.42. The molecule has 5 heteroatoms. The zero-order valence-electron chi connectivity index (χ0n) is 11.5. The smallest absolute Gasteiger partial charge is 0.315 e. The number of carbonyl (C=O) groups excluding carboxylic acids is 1. The minimum Gasteiger partial charge on any atom is -0.379 e. The number of carbonyl (C=O) groups is 1. The molecule has 1 aliphatic carbocycles. The van der Waals surface area contributed by atoms with Gasteiger partial charge in [-0.1, -0.05) is 0 Å². The largest absolute Gasteiger partial charge is 0.379 e. The monoisotopic (exact) mass is 256 g/mol. The minimum absolute atomic E-state index is 0.0870. The zero-order valence-corrected chi connectivity index (χ0v) is 11.5. The van der Waals surface area contributed by atoms with Gasteiger partial charge in [0.1, 0.15) is 0 Å². The van der Waals surface area contributed by atoms with Gasteiger partial charge in [0.25, 0.3) is 0 Å². The minimum atomic E-state index is -0.207. The first-order valence-electron chi connectivity index (χ1n) is 6.79. The second kappa shape index (κ2) is 5.45. The van der Waals surface area contributed by atoms with E-state index >= 15 is 0 Å². The number of hydrogen-bond donors (Lipinski definition) is 2. The molecule has 0 radical (unpaired) electrons. The van der Waals surface area contributed by atoms with Crippen LogP contribution in [0.3, 0.4) is 0 Å². The van der Waals surface area contributed by atoms with Crippen molar-refractivity contribution in [3.63, 3.8) is 0 Å². The third-order valence-electron chi connectivity index (χ3n) is 3.53. The summed E-state index contributed by atoms with van der Waals surface area (Å²) in [5.74, 6) is 0. The maximum atomic E-state index is 11.8. The second-order valence-electron chi connectivity index (χ2n) is 5.94. The van der Waals surface area contributed by atoms with Crippen LogP contribution in [0.15, 0.2) is 0 Å². The number of ether oxygens (including phenoxy) is 2. The Kier molecular flexibility index (Phi) is 4.12. The van der Waals surface area contributed by atoms with Crippen molar-refractivity contribution in [1.82, 2.24) is 10.6 Å². The van der Waals surface area contributed by atoms with Crippen molar-refractivity contribution in [3.05, 3.63) is 0 Å². The molecule has 5 nitrogen and oxygen atoms in total. The van der Waals surface area contributed by atoms with Crippen LogP contribution in [0.4, 0.5) is 4.79 Å². The van der Waals surface area contributed by atoms with Gasteiger partial charge in [-0.05, 0) is 40.0 Å². The van der Waals surface area contributed by atoms with Crippen LogP contribution >= 0.6 is 0 Å². The molecule has 2 rings (SSSR count). The molecule has 1 aliphatic heterocycles. The fourth-order valence-corrected chi connectivity index (χ4v) is 2.44. The van der Waals surface area contributed by atoms with Crippen molar-refractivity contribution < 1.29 is 14.3 Å². The van der Waals surface area contributed by atoms with Crippen LogP contribution in [0.2, 0.25) is 0 Å². The fourth-order valence-electron chi connectivity index (χ4n) is 2.44. The molecule has 1 heterocycles. The average molecular weight is 256 g/mol. The molecule has 0 aromatic carbocycles. The highest BCUT2D eigenvalue weighted by molar-refractivity contribution is 5.75. The maximum absolute atomic E-state index is 11.8. The summed E-state index contributed by atoms with van der Waals surface area (Å²) < 4.78 is 11.0. The Hall–Kier alpha value is -0.810. The highest BCUT2D eigenvalue weighted by Gasteiger charge is 2.35. The van der Waals surface area contributed by atoms with Gasteiger partial charge >= 0.3 is 6.03 Å². The molecule has 2 fully saturated rings. The van der Waals surface area contributed by atoms with Crippen LogP contribution < -0.4 is 10.6 Å². The third kappa shape index (κ3) is 3.59. The Labute approximate surface area is 109 Å². The Bertz CT molecular complexity index is 295. The molecule has 1 saturated carbocycles. The number of amides is 2. The molecule has 0 spiro atoms. The zero-order chi connectivity index (χ0) is 13.2. The predicted molar refractivity (Wildman–Crippen MR) is 68.5 cm³/mol. The lowest BCUT2D eigenvalue weighted by Gasteiger charge is -2.37. The molecule has 0 aromatic heterocycles. The lowest BCUT2D eigenvalue weighted by atomic mass is 9.89. The first-order chi connectivity index (χ1) is 8.47. The van der Waals surface area contributed by atoms with E-state index in [-0.39, 0.29) is 23.7 Å². The van der Waals surface area contributed by atoms with Gasteiger partial charge in [-0.25, -0.2) is 4.79 Å². The first-order valence-corrected chi connectivity index (χ1v) is 6.79. The Balaban J connectivity index is 1.64. The average Bonchev–Trinajstić information content (AvgIpc) is 2.60. The van der Waals surface area contributed by atoms with E-state index in [2.05, 4.69) is 10.6 Å². The van der Waals surface area contributed by atoms with Gasteiger partial charge in [0.2, 0.25) is 0 Å². The van der Waals surface area contributed by atoms with Crippen LogP contribution in [-0.4, -0.2) is 43.0 Å². The van der Waals surface area contributed by atoms with Crippen molar-refractivity contribution >= 4 is 6.03 Å².